The third-order valence-corrected chi connectivity index (χ3v) is 12.7. The first-order valence-electron chi connectivity index (χ1n) is 21.1. The quantitative estimate of drug-likeness (QED) is 0.223. The van der Waals surface area contributed by atoms with Crippen molar-refractivity contribution in [1.82, 2.24) is 44.7 Å². The summed E-state index contributed by atoms with van der Waals surface area (Å²) in [6.45, 7) is 11.5. The minimum atomic E-state index is -1.13. The van der Waals surface area contributed by atoms with Crippen LogP contribution in [0.4, 0.5) is 27.8 Å². The van der Waals surface area contributed by atoms with E-state index in [4.69, 9.17) is 19.8 Å². The molecule has 316 valence electrons. The van der Waals surface area contributed by atoms with Crippen molar-refractivity contribution in [2.24, 2.45) is 0 Å². The molecule has 5 aliphatic heterocycles. The summed E-state index contributed by atoms with van der Waals surface area (Å²) >= 11 is 0. The summed E-state index contributed by atoms with van der Waals surface area (Å²) in [6, 6.07) is 6.23. The van der Waals surface area contributed by atoms with Gasteiger partial charge in [-0.1, -0.05) is 0 Å². The molecule has 5 aliphatic rings. The maximum atomic E-state index is 15.4. The van der Waals surface area contributed by atoms with Gasteiger partial charge in [-0.05, 0) is 82.8 Å². The fourth-order valence-electron chi connectivity index (χ4n) is 9.40. The van der Waals surface area contributed by atoms with Gasteiger partial charge in [-0.2, -0.15) is 10.1 Å². The highest BCUT2D eigenvalue weighted by Gasteiger charge is 2.46. The lowest BCUT2D eigenvalue weighted by molar-refractivity contribution is -0.136. The Kier molecular flexibility index (Phi) is 10.9. The monoisotopic (exact) mass is 822 g/mol. The van der Waals surface area contributed by atoms with E-state index in [-0.39, 0.29) is 36.1 Å². The average molecular weight is 823 g/mol. The largest absolute Gasteiger partial charge is 0.381 e. The molecule has 2 N–H and O–H groups in total. The number of rotatable bonds is 10. The van der Waals surface area contributed by atoms with Crippen LogP contribution >= 0.6 is 0 Å². The van der Waals surface area contributed by atoms with E-state index in [0.717, 1.165) is 99.7 Å². The van der Waals surface area contributed by atoms with Crippen molar-refractivity contribution in [1.29, 1.82) is 0 Å². The molecule has 4 fully saturated rings. The number of nitrogens with one attached hydrogen (secondary N) is 2. The molecular formula is C42H51FN12O5. The number of carbonyl (C=O) groups is 4. The molecule has 4 saturated heterocycles. The third kappa shape index (κ3) is 7.67. The fourth-order valence-corrected chi connectivity index (χ4v) is 9.40. The Morgan fingerprint density at radius 1 is 0.883 bits per heavy atom. The number of likely N-dealkylation sites (tertiary alicyclic amines) is 1. The number of fused-ring (bicyclic) bond motifs is 2. The van der Waals surface area contributed by atoms with Gasteiger partial charge in [0, 0.05) is 89.9 Å². The highest BCUT2D eigenvalue weighted by molar-refractivity contribution is 6.23. The number of hydrogen-bond donors (Lipinski definition) is 2. The molecule has 4 amide bonds. The Bertz CT molecular complexity index is 2310. The van der Waals surface area contributed by atoms with Gasteiger partial charge in [0.25, 0.3) is 11.8 Å². The fraction of sp³-hybridized carbons (Fsp3) is 0.524. The lowest BCUT2D eigenvalue weighted by Crippen LogP contribution is -2.54. The molecule has 0 saturated carbocycles. The smallest absolute Gasteiger partial charge is 0.265 e. The van der Waals surface area contributed by atoms with Crippen LogP contribution in [-0.2, 0) is 20.9 Å². The number of carbonyl (C=O) groups excluding carboxylic acids is 4. The number of methoxy groups -OCH3 is 1. The van der Waals surface area contributed by atoms with Crippen molar-refractivity contribution < 1.29 is 28.3 Å². The van der Waals surface area contributed by atoms with E-state index in [9.17, 15) is 19.2 Å². The molecule has 0 bridgehead atoms. The molecular weight excluding hydrogens is 772 g/mol. The Morgan fingerprint density at radius 3 is 2.37 bits per heavy atom. The third-order valence-electron chi connectivity index (χ3n) is 12.7. The van der Waals surface area contributed by atoms with Crippen LogP contribution < -0.4 is 20.4 Å². The van der Waals surface area contributed by atoms with Gasteiger partial charge in [0.2, 0.25) is 17.8 Å². The molecule has 4 aromatic rings. The van der Waals surface area contributed by atoms with Crippen LogP contribution in [0.25, 0.3) is 10.9 Å². The second-order valence-electron chi connectivity index (χ2n) is 16.7. The molecule has 1 atom stereocenters. The topological polar surface area (TPSA) is 174 Å². The van der Waals surface area contributed by atoms with Gasteiger partial charge in [0.15, 0.2) is 5.82 Å². The number of halogens is 1. The molecule has 8 heterocycles. The molecule has 18 heteroatoms. The van der Waals surface area contributed by atoms with Crippen molar-refractivity contribution in [3.05, 3.63) is 59.2 Å². The van der Waals surface area contributed by atoms with Crippen molar-refractivity contribution in [2.75, 3.05) is 74.6 Å². The maximum Gasteiger partial charge on any atom is 0.265 e. The lowest BCUT2D eigenvalue weighted by Gasteiger charge is -2.43. The molecule has 0 radical (unpaired) electrons. The van der Waals surface area contributed by atoms with Crippen LogP contribution in [0.5, 0.6) is 0 Å². The molecule has 3 aromatic heterocycles. The zero-order valence-corrected chi connectivity index (χ0v) is 34.3. The number of aromatic nitrogens is 5. The number of anilines is 4. The minimum Gasteiger partial charge on any atom is -0.381 e. The second kappa shape index (κ2) is 16.5. The summed E-state index contributed by atoms with van der Waals surface area (Å²) in [7, 11) is 1.77. The highest BCUT2D eigenvalue weighted by Crippen LogP contribution is 2.33. The Balaban J connectivity index is 0.800. The van der Waals surface area contributed by atoms with Gasteiger partial charge >= 0.3 is 0 Å². The van der Waals surface area contributed by atoms with Crippen LogP contribution in [0.1, 0.15) is 84.7 Å². The second-order valence-corrected chi connectivity index (χ2v) is 16.7. The first-order chi connectivity index (χ1) is 29.0. The van der Waals surface area contributed by atoms with E-state index < -0.39 is 35.5 Å². The van der Waals surface area contributed by atoms with E-state index in [1.807, 2.05) is 18.3 Å². The predicted molar refractivity (Wildman–Crippen MR) is 221 cm³/mol. The van der Waals surface area contributed by atoms with Gasteiger partial charge in [-0.3, -0.25) is 43.9 Å². The van der Waals surface area contributed by atoms with E-state index in [1.54, 1.807) is 19.4 Å². The van der Waals surface area contributed by atoms with Gasteiger partial charge in [-0.25, -0.2) is 14.4 Å². The maximum absolute atomic E-state index is 15.4. The van der Waals surface area contributed by atoms with Gasteiger partial charge in [0.05, 0.1) is 28.1 Å². The zero-order valence-electron chi connectivity index (χ0n) is 34.3. The molecule has 1 aromatic carbocycles. The number of hydrogen-bond acceptors (Lipinski definition) is 14. The molecule has 17 nitrogen and oxygen atoms in total. The van der Waals surface area contributed by atoms with Crippen molar-refractivity contribution in [2.45, 2.75) is 83.1 Å². The minimum absolute atomic E-state index is 0.00483. The summed E-state index contributed by atoms with van der Waals surface area (Å²) < 4.78 is 23.0. The number of ether oxygens (including phenoxy) is 1. The van der Waals surface area contributed by atoms with Crippen molar-refractivity contribution in [3.63, 3.8) is 0 Å². The van der Waals surface area contributed by atoms with E-state index in [0.29, 0.717) is 35.7 Å². The van der Waals surface area contributed by atoms with Crippen molar-refractivity contribution in [3.8, 4) is 0 Å². The first-order valence-corrected chi connectivity index (χ1v) is 21.1. The standard InChI is InChI=1S/C42H51FN12O5/c1-25(2)55-33-22-35(46-34-6-11-44-42(47-34)53-14-9-28(60-3)10-15-53)45-23-30(33)38(49-55)52-18-16-51(17-19-52)27-7-12-50(13-8-27)24-26-20-29-37(31(43)21-26)41(59)54(40(29)58)32-4-5-36(56)48-39(32)57/h6,11,20-23,25,27-28,32H,4-5,7-10,12-19,24H2,1-3H3,(H,48,56,57)(H,44,45,46,47). The molecule has 9 rings (SSSR count). The SMILES string of the molecule is COC1CCN(c2nccc(Nc3cc4c(cn3)c(N3CCN(C5CCN(Cc6cc(F)c7c(c6)C(=O)N(C6CCC(=O)NC6=O)C7=O)CC5)CC3)nn4C(C)C)n2)CC1. The molecule has 0 spiro atoms. The number of piperazine rings is 1. The highest BCUT2D eigenvalue weighted by atomic mass is 19.1. The Labute approximate surface area is 347 Å². The Morgan fingerprint density at radius 2 is 1.65 bits per heavy atom. The molecule has 1 unspecified atom stereocenters. The number of imide groups is 2. The molecule has 60 heavy (non-hydrogen) atoms. The summed E-state index contributed by atoms with van der Waals surface area (Å²) in [5.74, 6) is -0.467. The first kappa shape index (κ1) is 39.8. The van der Waals surface area contributed by atoms with Crippen molar-refractivity contribution >= 4 is 57.9 Å². The summed E-state index contributed by atoms with van der Waals surface area (Å²) in [5.41, 5.74) is 1.27. The van der Waals surface area contributed by atoms with E-state index >= 15 is 4.39 Å². The van der Waals surface area contributed by atoms with Gasteiger partial charge in [-0.15, -0.1) is 0 Å². The van der Waals surface area contributed by atoms with Gasteiger partial charge in [0.1, 0.15) is 23.5 Å². The number of nitrogens with zero attached hydrogens (tertiary/aromatic N) is 10. The summed E-state index contributed by atoms with van der Waals surface area (Å²) in [6.07, 6.45) is 7.81. The van der Waals surface area contributed by atoms with E-state index in [1.165, 1.54) is 6.07 Å². The van der Waals surface area contributed by atoms with Crippen LogP contribution in [0.15, 0.2) is 36.7 Å². The Hall–Kier alpha value is -5.59. The number of piperidine rings is 3. The summed E-state index contributed by atoms with van der Waals surface area (Å²) in [4.78, 5) is 74.8. The zero-order chi connectivity index (χ0) is 41.7. The van der Waals surface area contributed by atoms with Crippen LogP contribution in [0, 0.1) is 5.82 Å². The number of pyridine rings is 1. The van der Waals surface area contributed by atoms with E-state index in [2.05, 4.69) is 53.7 Å². The average Bonchev–Trinajstić information content (AvgIpc) is 3.75. The summed E-state index contributed by atoms with van der Waals surface area (Å²) in [5, 5.41) is 11.7. The predicted octanol–water partition coefficient (Wildman–Crippen LogP) is 3.49. The number of benzene rings is 1. The normalized spacial score (nSPS) is 21.4. The van der Waals surface area contributed by atoms with Crippen LogP contribution in [0.3, 0.4) is 0 Å². The van der Waals surface area contributed by atoms with Gasteiger partial charge < -0.3 is 19.9 Å². The van der Waals surface area contributed by atoms with Crippen LogP contribution in [0.2, 0.25) is 0 Å². The number of amides is 4. The lowest BCUT2D eigenvalue weighted by atomic mass is 10.00. The molecule has 0 aliphatic carbocycles. The van der Waals surface area contributed by atoms with Crippen LogP contribution in [-0.4, -0.2) is 141 Å².